The highest BCUT2D eigenvalue weighted by molar-refractivity contribution is 5.49. The lowest BCUT2D eigenvalue weighted by atomic mass is 9.75. The zero-order valence-corrected chi connectivity index (χ0v) is 13.4. The minimum Gasteiger partial charge on any atom is -0.356 e. The third-order valence-electron chi connectivity index (χ3n) is 5.07. The first-order valence-electron chi connectivity index (χ1n) is 8.60. The molecule has 1 aliphatic carbocycles. The van der Waals surface area contributed by atoms with Crippen LogP contribution in [0.2, 0.25) is 0 Å². The fourth-order valence-corrected chi connectivity index (χ4v) is 3.87. The number of fused-ring (bicyclic) bond motifs is 1. The molecule has 2 unspecified atom stereocenters. The first-order chi connectivity index (χ1) is 10.3. The summed E-state index contributed by atoms with van der Waals surface area (Å²) in [6, 6.07) is 0. The molecule has 1 saturated heterocycles. The van der Waals surface area contributed by atoms with E-state index in [4.69, 9.17) is 4.98 Å². The molecule has 21 heavy (non-hydrogen) atoms. The van der Waals surface area contributed by atoms with Crippen LogP contribution in [0.4, 0.5) is 11.8 Å². The molecular formula is C17H28N4. The van der Waals surface area contributed by atoms with Gasteiger partial charge in [0.05, 0.1) is 0 Å². The Kier molecular flexibility index (Phi) is 4.61. The van der Waals surface area contributed by atoms with Crippen molar-refractivity contribution in [3.63, 3.8) is 0 Å². The van der Waals surface area contributed by atoms with Crippen LogP contribution in [-0.2, 0) is 0 Å². The summed E-state index contributed by atoms with van der Waals surface area (Å²) in [5, 5.41) is 3.31. The van der Waals surface area contributed by atoms with Crippen LogP contribution in [0.3, 0.4) is 0 Å². The van der Waals surface area contributed by atoms with Crippen molar-refractivity contribution in [2.24, 2.45) is 11.8 Å². The minimum atomic E-state index is 0.781. The highest BCUT2D eigenvalue weighted by Gasteiger charge is 2.32. The van der Waals surface area contributed by atoms with Crippen molar-refractivity contribution in [3.8, 4) is 0 Å². The van der Waals surface area contributed by atoms with E-state index in [0.717, 1.165) is 43.1 Å². The first-order valence-corrected chi connectivity index (χ1v) is 8.60. The van der Waals surface area contributed by atoms with Gasteiger partial charge < -0.3 is 10.2 Å². The minimum absolute atomic E-state index is 0.781. The Morgan fingerprint density at radius 1 is 1.24 bits per heavy atom. The SMILES string of the molecule is CCCNc1ncc(C)c(N2CCC3CCCCC3C2)n1. The normalized spacial score (nSPS) is 25.5. The largest absolute Gasteiger partial charge is 0.356 e. The molecule has 0 spiro atoms. The van der Waals surface area contributed by atoms with Gasteiger partial charge in [0, 0.05) is 31.4 Å². The summed E-state index contributed by atoms with van der Waals surface area (Å²) in [5.74, 6) is 3.78. The van der Waals surface area contributed by atoms with Gasteiger partial charge >= 0.3 is 0 Å². The number of aromatic nitrogens is 2. The molecule has 1 N–H and O–H groups in total. The van der Waals surface area contributed by atoms with Crippen LogP contribution in [0.5, 0.6) is 0 Å². The molecule has 116 valence electrons. The molecule has 2 fully saturated rings. The molecule has 1 aromatic heterocycles. The van der Waals surface area contributed by atoms with E-state index in [1.165, 1.54) is 44.2 Å². The average Bonchev–Trinajstić information content (AvgIpc) is 2.53. The maximum atomic E-state index is 4.77. The van der Waals surface area contributed by atoms with Crippen LogP contribution in [-0.4, -0.2) is 29.6 Å². The molecule has 1 aromatic rings. The summed E-state index contributed by atoms with van der Waals surface area (Å²) < 4.78 is 0. The standard InChI is InChI=1S/C17H28N4/c1-3-9-18-17-19-11-13(2)16(20-17)21-10-8-14-6-4-5-7-15(14)12-21/h11,14-15H,3-10,12H2,1-2H3,(H,18,19,20). The van der Waals surface area contributed by atoms with E-state index in [2.05, 4.69) is 29.0 Å². The lowest BCUT2D eigenvalue weighted by Gasteiger charge is -2.42. The van der Waals surface area contributed by atoms with Gasteiger partial charge in [0.1, 0.15) is 5.82 Å². The lowest BCUT2D eigenvalue weighted by Crippen LogP contribution is -2.42. The summed E-state index contributed by atoms with van der Waals surface area (Å²) in [7, 11) is 0. The Balaban J connectivity index is 1.73. The fourth-order valence-electron chi connectivity index (χ4n) is 3.87. The molecule has 0 radical (unpaired) electrons. The number of aryl methyl sites for hydroxylation is 1. The van der Waals surface area contributed by atoms with E-state index in [9.17, 15) is 0 Å². The van der Waals surface area contributed by atoms with Crippen molar-refractivity contribution in [1.82, 2.24) is 9.97 Å². The van der Waals surface area contributed by atoms with E-state index >= 15 is 0 Å². The molecule has 2 heterocycles. The monoisotopic (exact) mass is 288 g/mol. The number of rotatable bonds is 4. The van der Waals surface area contributed by atoms with Crippen molar-refractivity contribution in [3.05, 3.63) is 11.8 Å². The van der Waals surface area contributed by atoms with E-state index in [0.29, 0.717) is 0 Å². The van der Waals surface area contributed by atoms with Crippen molar-refractivity contribution in [2.75, 3.05) is 29.9 Å². The van der Waals surface area contributed by atoms with Gasteiger partial charge in [0.2, 0.25) is 5.95 Å². The van der Waals surface area contributed by atoms with Crippen molar-refractivity contribution in [2.45, 2.75) is 52.4 Å². The Labute approximate surface area is 128 Å². The van der Waals surface area contributed by atoms with Crippen LogP contribution in [0, 0.1) is 18.8 Å². The highest BCUT2D eigenvalue weighted by atomic mass is 15.2. The zero-order valence-electron chi connectivity index (χ0n) is 13.4. The van der Waals surface area contributed by atoms with Crippen molar-refractivity contribution < 1.29 is 0 Å². The third kappa shape index (κ3) is 3.30. The van der Waals surface area contributed by atoms with E-state index < -0.39 is 0 Å². The lowest BCUT2D eigenvalue weighted by molar-refractivity contribution is 0.202. The van der Waals surface area contributed by atoms with Gasteiger partial charge in [-0.25, -0.2) is 4.98 Å². The molecular weight excluding hydrogens is 260 g/mol. The molecule has 0 aromatic carbocycles. The molecule has 1 saturated carbocycles. The van der Waals surface area contributed by atoms with E-state index in [1.54, 1.807) is 0 Å². The summed E-state index contributed by atoms with van der Waals surface area (Å²) in [4.78, 5) is 11.7. The van der Waals surface area contributed by atoms with Gasteiger partial charge in [-0.1, -0.05) is 26.2 Å². The Hall–Kier alpha value is -1.32. The van der Waals surface area contributed by atoms with Gasteiger partial charge in [-0.3, -0.25) is 0 Å². The van der Waals surface area contributed by atoms with Crippen molar-refractivity contribution >= 4 is 11.8 Å². The maximum absolute atomic E-state index is 4.77. The number of anilines is 2. The van der Waals surface area contributed by atoms with Gasteiger partial charge in [-0.15, -0.1) is 0 Å². The Morgan fingerprint density at radius 2 is 2.05 bits per heavy atom. The van der Waals surface area contributed by atoms with Crippen LogP contribution in [0.15, 0.2) is 6.20 Å². The van der Waals surface area contributed by atoms with Crippen LogP contribution in [0.1, 0.15) is 51.0 Å². The van der Waals surface area contributed by atoms with Crippen LogP contribution >= 0.6 is 0 Å². The summed E-state index contributed by atoms with van der Waals surface area (Å²) in [6.45, 7) is 7.58. The predicted octanol–water partition coefficient (Wildman–Crippen LogP) is 3.62. The van der Waals surface area contributed by atoms with Gasteiger partial charge in [0.25, 0.3) is 0 Å². The molecule has 0 amide bonds. The molecule has 4 nitrogen and oxygen atoms in total. The molecule has 2 atom stereocenters. The van der Waals surface area contributed by atoms with Crippen molar-refractivity contribution in [1.29, 1.82) is 0 Å². The number of nitrogens with one attached hydrogen (secondary N) is 1. The number of nitrogens with zero attached hydrogens (tertiary/aromatic N) is 3. The fraction of sp³-hybridized carbons (Fsp3) is 0.765. The van der Waals surface area contributed by atoms with Crippen LogP contribution in [0.25, 0.3) is 0 Å². The second-order valence-electron chi connectivity index (χ2n) is 6.67. The molecule has 0 bridgehead atoms. The van der Waals surface area contributed by atoms with Gasteiger partial charge in [-0.2, -0.15) is 4.98 Å². The number of hydrogen-bond acceptors (Lipinski definition) is 4. The quantitative estimate of drug-likeness (QED) is 0.918. The second kappa shape index (κ2) is 6.63. The van der Waals surface area contributed by atoms with Crippen LogP contribution < -0.4 is 10.2 Å². The molecule has 3 rings (SSSR count). The Morgan fingerprint density at radius 3 is 2.86 bits per heavy atom. The average molecular weight is 288 g/mol. The summed E-state index contributed by atoms with van der Waals surface area (Å²) in [6.07, 6.45) is 10.1. The molecule has 4 heteroatoms. The molecule has 2 aliphatic rings. The Bertz CT molecular complexity index is 474. The predicted molar refractivity (Wildman–Crippen MR) is 87.8 cm³/mol. The summed E-state index contributed by atoms with van der Waals surface area (Å²) in [5.41, 5.74) is 1.20. The number of piperidine rings is 1. The van der Waals surface area contributed by atoms with E-state index in [1.807, 2.05) is 6.20 Å². The zero-order chi connectivity index (χ0) is 14.7. The maximum Gasteiger partial charge on any atom is 0.224 e. The topological polar surface area (TPSA) is 41.1 Å². The summed E-state index contributed by atoms with van der Waals surface area (Å²) >= 11 is 0. The smallest absolute Gasteiger partial charge is 0.224 e. The van der Waals surface area contributed by atoms with E-state index in [-0.39, 0.29) is 0 Å². The third-order valence-corrected chi connectivity index (χ3v) is 5.07. The first kappa shape index (κ1) is 14.6. The number of hydrogen-bond donors (Lipinski definition) is 1. The van der Waals surface area contributed by atoms with Gasteiger partial charge in [-0.05, 0) is 38.0 Å². The van der Waals surface area contributed by atoms with Gasteiger partial charge in [0.15, 0.2) is 0 Å². The molecule has 1 aliphatic heterocycles. The second-order valence-corrected chi connectivity index (χ2v) is 6.67. The highest BCUT2D eigenvalue weighted by Crippen LogP contribution is 2.37.